The quantitative estimate of drug-likeness (QED) is 0.483. The lowest BCUT2D eigenvalue weighted by Gasteiger charge is -2.10. The van der Waals surface area contributed by atoms with Crippen molar-refractivity contribution in [3.63, 3.8) is 0 Å². The molecule has 2 heterocycles. The zero-order valence-corrected chi connectivity index (χ0v) is 13.4. The Kier molecular flexibility index (Phi) is 4.64. The van der Waals surface area contributed by atoms with Crippen LogP contribution >= 0.6 is 24.0 Å². The molecule has 1 fully saturated rings. The summed E-state index contributed by atoms with van der Waals surface area (Å²) in [5.74, 6) is 0.834. The van der Waals surface area contributed by atoms with Crippen LogP contribution in [0.3, 0.4) is 0 Å². The molecule has 0 bridgehead atoms. The van der Waals surface area contributed by atoms with Crippen LogP contribution in [-0.2, 0) is 0 Å². The number of thiocarbonyl (C=S) groups is 1. The Morgan fingerprint density at radius 2 is 2.09 bits per heavy atom. The van der Waals surface area contributed by atoms with Crippen molar-refractivity contribution in [1.29, 1.82) is 0 Å². The van der Waals surface area contributed by atoms with Crippen molar-refractivity contribution < 1.29 is 4.74 Å². The van der Waals surface area contributed by atoms with Crippen LogP contribution in [0.4, 0.5) is 5.95 Å². The second kappa shape index (κ2) is 6.84. The molecule has 0 amide bonds. The van der Waals surface area contributed by atoms with E-state index in [1.807, 2.05) is 0 Å². The summed E-state index contributed by atoms with van der Waals surface area (Å²) in [6.45, 7) is 0. The smallest absolute Gasteiger partial charge is 0.233 e. The molecule has 0 unspecified atom stereocenters. The predicted octanol–water partition coefficient (Wildman–Crippen LogP) is 1.88. The first kappa shape index (κ1) is 14.9. The van der Waals surface area contributed by atoms with Gasteiger partial charge in [0.2, 0.25) is 11.8 Å². The standard InChI is InChI=1S/C13H14N6OS2/c1-20-9-7-10(22-13-14-5-2-6-15-13)18-11(17-9)19-12(21)16-8-3-4-8/h2,5-8H,3-4H2,1H3,(H2,16,17,18,19,21). The van der Waals surface area contributed by atoms with E-state index in [2.05, 4.69) is 30.6 Å². The van der Waals surface area contributed by atoms with Gasteiger partial charge in [-0.3, -0.25) is 0 Å². The molecule has 7 nitrogen and oxygen atoms in total. The van der Waals surface area contributed by atoms with Gasteiger partial charge in [0.15, 0.2) is 10.3 Å². The van der Waals surface area contributed by atoms with Crippen LogP contribution in [0.15, 0.2) is 34.7 Å². The number of ether oxygens (including phenoxy) is 1. The van der Waals surface area contributed by atoms with Crippen LogP contribution in [0, 0.1) is 0 Å². The second-order valence-electron chi connectivity index (χ2n) is 4.58. The van der Waals surface area contributed by atoms with E-state index in [0.717, 1.165) is 12.8 Å². The minimum atomic E-state index is 0.385. The van der Waals surface area contributed by atoms with Crippen LogP contribution in [0.25, 0.3) is 0 Å². The summed E-state index contributed by atoms with van der Waals surface area (Å²) < 4.78 is 5.20. The molecule has 0 spiro atoms. The average Bonchev–Trinajstić information content (AvgIpc) is 3.31. The first-order chi connectivity index (χ1) is 10.7. The fourth-order valence-corrected chi connectivity index (χ4v) is 2.56. The molecular weight excluding hydrogens is 320 g/mol. The summed E-state index contributed by atoms with van der Waals surface area (Å²) >= 11 is 6.56. The molecule has 1 saturated carbocycles. The lowest BCUT2D eigenvalue weighted by atomic mass is 10.6. The number of hydrogen-bond donors (Lipinski definition) is 2. The Bertz CT molecular complexity index is 665. The van der Waals surface area contributed by atoms with Gasteiger partial charge in [0, 0.05) is 24.5 Å². The minimum absolute atomic E-state index is 0.385. The first-order valence-corrected chi connectivity index (χ1v) is 7.91. The normalized spacial score (nSPS) is 13.5. The van der Waals surface area contributed by atoms with E-state index in [9.17, 15) is 0 Å². The van der Waals surface area contributed by atoms with E-state index < -0.39 is 0 Å². The Morgan fingerprint density at radius 1 is 1.32 bits per heavy atom. The van der Waals surface area contributed by atoms with Gasteiger partial charge < -0.3 is 15.4 Å². The van der Waals surface area contributed by atoms with Gasteiger partial charge in [-0.1, -0.05) is 0 Å². The van der Waals surface area contributed by atoms with Gasteiger partial charge >= 0.3 is 0 Å². The Hall–Kier alpha value is -2.00. The third-order valence-corrected chi connectivity index (χ3v) is 3.80. The van der Waals surface area contributed by atoms with Gasteiger partial charge in [-0.2, -0.15) is 4.98 Å². The number of nitrogens with one attached hydrogen (secondary N) is 2. The lowest BCUT2D eigenvalue weighted by molar-refractivity contribution is 0.396. The summed E-state index contributed by atoms with van der Waals surface area (Å²) in [6.07, 6.45) is 5.66. The van der Waals surface area contributed by atoms with E-state index in [1.54, 1.807) is 31.6 Å². The molecule has 0 atom stereocenters. The van der Waals surface area contributed by atoms with Crippen molar-refractivity contribution >= 4 is 35.0 Å². The van der Waals surface area contributed by atoms with Crippen molar-refractivity contribution in [2.45, 2.75) is 29.1 Å². The number of methoxy groups -OCH3 is 1. The van der Waals surface area contributed by atoms with Gasteiger partial charge in [0.25, 0.3) is 0 Å². The molecule has 0 radical (unpaired) electrons. The molecule has 2 aromatic rings. The maximum Gasteiger partial charge on any atom is 0.233 e. The van der Waals surface area contributed by atoms with E-state index in [4.69, 9.17) is 17.0 Å². The summed E-state index contributed by atoms with van der Waals surface area (Å²) in [6, 6.07) is 3.96. The molecule has 0 aromatic carbocycles. The molecule has 0 aliphatic heterocycles. The van der Waals surface area contributed by atoms with Crippen molar-refractivity contribution in [3.05, 3.63) is 24.5 Å². The fourth-order valence-electron chi connectivity index (χ4n) is 1.60. The highest BCUT2D eigenvalue weighted by Crippen LogP contribution is 2.26. The van der Waals surface area contributed by atoms with E-state index in [0.29, 0.717) is 33.2 Å². The average molecular weight is 334 g/mol. The van der Waals surface area contributed by atoms with Crippen LogP contribution in [-0.4, -0.2) is 38.2 Å². The van der Waals surface area contributed by atoms with Crippen molar-refractivity contribution in [2.24, 2.45) is 0 Å². The largest absolute Gasteiger partial charge is 0.481 e. The molecule has 9 heteroatoms. The van der Waals surface area contributed by atoms with Crippen LogP contribution in [0.1, 0.15) is 12.8 Å². The highest BCUT2D eigenvalue weighted by atomic mass is 32.2. The Labute approximate surface area is 137 Å². The van der Waals surface area contributed by atoms with Gasteiger partial charge in [0.05, 0.1) is 7.11 Å². The van der Waals surface area contributed by atoms with Crippen molar-refractivity contribution in [1.82, 2.24) is 25.3 Å². The summed E-state index contributed by atoms with van der Waals surface area (Å²) in [5.41, 5.74) is 0. The number of hydrogen-bond acceptors (Lipinski definition) is 7. The van der Waals surface area contributed by atoms with Gasteiger partial charge in [-0.15, -0.1) is 0 Å². The zero-order valence-electron chi connectivity index (χ0n) is 11.8. The Balaban J connectivity index is 1.74. The first-order valence-electron chi connectivity index (χ1n) is 6.68. The number of anilines is 1. The van der Waals surface area contributed by atoms with Crippen LogP contribution < -0.4 is 15.4 Å². The molecule has 3 rings (SSSR count). The predicted molar refractivity (Wildman–Crippen MR) is 87.1 cm³/mol. The van der Waals surface area contributed by atoms with E-state index >= 15 is 0 Å². The maximum absolute atomic E-state index is 5.23. The van der Waals surface area contributed by atoms with Gasteiger partial charge in [-0.25, -0.2) is 15.0 Å². The number of aromatic nitrogens is 4. The topological polar surface area (TPSA) is 84.9 Å². The number of nitrogens with zero attached hydrogens (tertiary/aromatic N) is 4. The molecule has 0 saturated heterocycles. The molecule has 2 N–H and O–H groups in total. The minimum Gasteiger partial charge on any atom is -0.481 e. The third kappa shape index (κ3) is 4.25. The monoisotopic (exact) mass is 334 g/mol. The zero-order chi connectivity index (χ0) is 15.4. The van der Waals surface area contributed by atoms with Gasteiger partial charge in [-0.05, 0) is 42.9 Å². The maximum atomic E-state index is 5.23. The van der Waals surface area contributed by atoms with Crippen LogP contribution in [0.5, 0.6) is 5.88 Å². The molecule has 114 valence electrons. The third-order valence-electron chi connectivity index (χ3n) is 2.76. The van der Waals surface area contributed by atoms with Crippen molar-refractivity contribution in [3.8, 4) is 5.88 Å². The Morgan fingerprint density at radius 3 is 2.77 bits per heavy atom. The summed E-state index contributed by atoms with van der Waals surface area (Å²) in [7, 11) is 1.56. The summed E-state index contributed by atoms with van der Waals surface area (Å²) in [4.78, 5) is 17.0. The molecule has 1 aliphatic carbocycles. The lowest BCUT2D eigenvalue weighted by Crippen LogP contribution is -2.30. The highest BCUT2D eigenvalue weighted by Gasteiger charge is 2.22. The molecule has 22 heavy (non-hydrogen) atoms. The second-order valence-corrected chi connectivity index (χ2v) is 5.97. The fraction of sp³-hybridized carbons (Fsp3) is 0.308. The number of rotatable bonds is 5. The van der Waals surface area contributed by atoms with E-state index in [-0.39, 0.29) is 0 Å². The highest BCUT2D eigenvalue weighted by molar-refractivity contribution is 7.99. The van der Waals surface area contributed by atoms with Gasteiger partial charge in [0.1, 0.15) is 5.03 Å². The van der Waals surface area contributed by atoms with Crippen LogP contribution in [0.2, 0.25) is 0 Å². The molecular formula is C13H14N6OS2. The molecule has 1 aliphatic rings. The van der Waals surface area contributed by atoms with E-state index in [1.165, 1.54) is 11.8 Å². The molecule has 2 aromatic heterocycles. The van der Waals surface area contributed by atoms with Crippen molar-refractivity contribution in [2.75, 3.05) is 12.4 Å². The SMILES string of the molecule is COc1cc(Sc2ncccn2)nc(NC(=S)NC2CC2)n1. The summed E-state index contributed by atoms with van der Waals surface area (Å²) in [5, 5.41) is 7.95.